The first-order valence-corrected chi connectivity index (χ1v) is 4.58. The smallest absolute Gasteiger partial charge is 0.374 e. The number of hydrogen-bond acceptors (Lipinski definition) is 4. The fourth-order valence-electron chi connectivity index (χ4n) is 0.995. The molecule has 0 N–H and O–H groups in total. The van der Waals surface area contributed by atoms with Crippen molar-refractivity contribution in [3.8, 4) is 6.01 Å². The van der Waals surface area contributed by atoms with Crippen LogP contribution in [0.2, 0.25) is 5.02 Å². The molecule has 1 aromatic rings. The maximum atomic E-state index is 11.3. The quantitative estimate of drug-likeness (QED) is 0.706. The molecular weight excluding hydrogens is 206 g/mol. The number of aromatic nitrogens is 2. The van der Waals surface area contributed by atoms with E-state index in [0.29, 0.717) is 5.02 Å². The predicted octanol–water partition coefficient (Wildman–Crippen LogP) is 1.33. The van der Waals surface area contributed by atoms with Crippen LogP contribution < -0.4 is 4.74 Å². The zero-order chi connectivity index (χ0) is 9.97. The summed E-state index contributed by atoms with van der Waals surface area (Å²) in [5, 5.41) is 0.411. The maximum absolute atomic E-state index is 11.3. The fraction of sp³-hybridized carbons (Fsp3) is 0.375. The van der Waals surface area contributed by atoms with Crippen LogP contribution >= 0.6 is 11.6 Å². The number of amides is 1. The third kappa shape index (κ3) is 1.93. The Bertz CT molecular complexity index is 337. The van der Waals surface area contributed by atoms with Crippen molar-refractivity contribution in [3.63, 3.8) is 0 Å². The van der Waals surface area contributed by atoms with E-state index in [-0.39, 0.29) is 6.01 Å². The highest BCUT2D eigenvalue weighted by Gasteiger charge is 2.22. The molecule has 0 aromatic carbocycles. The van der Waals surface area contributed by atoms with Gasteiger partial charge in [0.1, 0.15) is 0 Å². The Morgan fingerprint density at radius 1 is 1.43 bits per heavy atom. The maximum Gasteiger partial charge on any atom is 0.417 e. The summed E-state index contributed by atoms with van der Waals surface area (Å²) in [6, 6.07) is 0.0336. The molecule has 0 unspecified atom stereocenters. The van der Waals surface area contributed by atoms with Gasteiger partial charge in [0.2, 0.25) is 0 Å². The molecule has 74 valence electrons. The average molecular weight is 214 g/mol. The molecule has 1 aliphatic heterocycles. The third-order valence-electron chi connectivity index (χ3n) is 1.89. The number of nitrogens with zero attached hydrogens (tertiary/aromatic N) is 3. The number of rotatable bonds is 1. The largest absolute Gasteiger partial charge is 0.417 e. The van der Waals surface area contributed by atoms with Crippen molar-refractivity contribution in [2.24, 2.45) is 0 Å². The van der Waals surface area contributed by atoms with Crippen molar-refractivity contribution in [1.82, 2.24) is 14.9 Å². The van der Waals surface area contributed by atoms with Crippen molar-refractivity contribution >= 4 is 17.7 Å². The highest BCUT2D eigenvalue weighted by molar-refractivity contribution is 6.30. The highest BCUT2D eigenvalue weighted by Crippen LogP contribution is 2.11. The molecule has 2 heterocycles. The molecule has 0 spiro atoms. The van der Waals surface area contributed by atoms with Crippen LogP contribution in [0.1, 0.15) is 6.42 Å². The number of likely N-dealkylation sites (tertiary alicyclic amines) is 1. The molecule has 5 nitrogen and oxygen atoms in total. The molecule has 0 saturated carbocycles. The molecule has 1 aromatic heterocycles. The van der Waals surface area contributed by atoms with Crippen molar-refractivity contribution in [2.75, 3.05) is 13.1 Å². The lowest BCUT2D eigenvalue weighted by Crippen LogP contribution is -2.43. The normalized spacial score (nSPS) is 14.8. The lowest BCUT2D eigenvalue weighted by molar-refractivity contribution is 0.121. The molecule has 0 atom stereocenters. The van der Waals surface area contributed by atoms with Crippen LogP contribution in [-0.2, 0) is 0 Å². The molecule has 0 bridgehead atoms. The first kappa shape index (κ1) is 9.21. The summed E-state index contributed by atoms with van der Waals surface area (Å²) in [6.45, 7) is 1.48. The second kappa shape index (κ2) is 3.79. The summed E-state index contributed by atoms with van der Waals surface area (Å²) in [6.07, 6.45) is 3.38. The number of carbonyl (C=O) groups excluding carboxylic acids is 1. The Labute approximate surface area is 85.7 Å². The van der Waals surface area contributed by atoms with E-state index in [2.05, 4.69) is 9.97 Å². The molecule has 0 radical (unpaired) electrons. The van der Waals surface area contributed by atoms with Crippen molar-refractivity contribution in [1.29, 1.82) is 0 Å². The minimum atomic E-state index is -0.404. The SMILES string of the molecule is O=C(Oc1ncc(Cl)cn1)N1CCC1. The summed E-state index contributed by atoms with van der Waals surface area (Å²) in [7, 11) is 0. The van der Waals surface area contributed by atoms with E-state index in [1.807, 2.05) is 0 Å². The highest BCUT2D eigenvalue weighted by atomic mass is 35.5. The number of carbonyl (C=O) groups is 1. The Morgan fingerprint density at radius 2 is 2.07 bits per heavy atom. The van der Waals surface area contributed by atoms with Gasteiger partial charge in [-0.3, -0.25) is 0 Å². The van der Waals surface area contributed by atoms with Gasteiger partial charge in [0.25, 0.3) is 0 Å². The zero-order valence-corrected chi connectivity index (χ0v) is 8.07. The van der Waals surface area contributed by atoms with Gasteiger partial charge < -0.3 is 9.64 Å². The summed E-state index contributed by atoms with van der Waals surface area (Å²) in [5.74, 6) is 0. The lowest BCUT2D eigenvalue weighted by Gasteiger charge is -2.28. The Hall–Kier alpha value is -1.36. The molecule has 6 heteroatoms. The van der Waals surface area contributed by atoms with Gasteiger partial charge in [-0.2, -0.15) is 0 Å². The fourth-order valence-corrected chi connectivity index (χ4v) is 1.09. The molecule has 1 amide bonds. The zero-order valence-electron chi connectivity index (χ0n) is 7.31. The minimum Gasteiger partial charge on any atom is -0.374 e. The second-order valence-corrected chi connectivity index (χ2v) is 3.33. The van der Waals surface area contributed by atoms with Crippen LogP contribution in [0.4, 0.5) is 4.79 Å². The van der Waals surface area contributed by atoms with E-state index in [1.54, 1.807) is 4.90 Å². The first-order valence-electron chi connectivity index (χ1n) is 4.20. The average Bonchev–Trinajstić information content (AvgIpc) is 2.06. The Morgan fingerprint density at radius 3 is 2.57 bits per heavy atom. The van der Waals surface area contributed by atoms with Gasteiger partial charge in [-0.15, -0.1) is 0 Å². The molecular formula is C8H8ClN3O2. The Kier molecular flexibility index (Phi) is 2.49. The van der Waals surface area contributed by atoms with Gasteiger partial charge in [-0.1, -0.05) is 11.6 Å². The predicted molar refractivity (Wildman–Crippen MR) is 49.3 cm³/mol. The van der Waals surface area contributed by atoms with E-state index < -0.39 is 6.09 Å². The molecule has 14 heavy (non-hydrogen) atoms. The van der Waals surface area contributed by atoms with E-state index in [1.165, 1.54) is 12.4 Å². The Balaban J connectivity index is 1.96. The third-order valence-corrected chi connectivity index (χ3v) is 2.08. The number of hydrogen-bond donors (Lipinski definition) is 0. The molecule has 0 aliphatic carbocycles. The summed E-state index contributed by atoms with van der Waals surface area (Å²) < 4.78 is 4.88. The van der Waals surface area contributed by atoms with Crippen LogP contribution in [0.15, 0.2) is 12.4 Å². The molecule has 2 rings (SSSR count). The van der Waals surface area contributed by atoms with E-state index in [9.17, 15) is 4.79 Å². The molecule has 1 aliphatic rings. The topological polar surface area (TPSA) is 55.3 Å². The van der Waals surface area contributed by atoms with Gasteiger partial charge >= 0.3 is 12.1 Å². The van der Waals surface area contributed by atoms with Crippen LogP contribution in [0.3, 0.4) is 0 Å². The van der Waals surface area contributed by atoms with Gasteiger partial charge in [0.15, 0.2) is 0 Å². The van der Waals surface area contributed by atoms with Gasteiger partial charge in [-0.25, -0.2) is 14.8 Å². The monoisotopic (exact) mass is 213 g/mol. The first-order chi connectivity index (χ1) is 6.75. The van der Waals surface area contributed by atoms with E-state index in [4.69, 9.17) is 16.3 Å². The van der Waals surface area contributed by atoms with Gasteiger partial charge in [0.05, 0.1) is 17.4 Å². The van der Waals surface area contributed by atoms with Crippen LogP contribution in [0, 0.1) is 0 Å². The number of halogens is 1. The van der Waals surface area contributed by atoms with E-state index in [0.717, 1.165) is 19.5 Å². The minimum absolute atomic E-state index is 0.0336. The summed E-state index contributed by atoms with van der Waals surface area (Å²) >= 11 is 5.57. The summed E-state index contributed by atoms with van der Waals surface area (Å²) in [5.41, 5.74) is 0. The van der Waals surface area contributed by atoms with Crippen molar-refractivity contribution in [2.45, 2.75) is 6.42 Å². The van der Waals surface area contributed by atoms with Crippen LogP contribution in [0.25, 0.3) is 0 Å². The van der Waals surface area contributed by atoms with Crippen molar-refractivity contribution < 1.29 is 9.53 Å². The van der Waals surface area contributed by atoms with Gasteiger partial charge in [-0.05, 0) is 6.42 Å². The molecule has 1 fully saturated rings. The van der Waals surface area contributed by atoms with E-state index >= 15 is 0 Å². The van der Waals surface area contributed by atoms with Crippen LogP contribution in [-0.4, -0.2) is 34.1 Å². The lowest BCUT2D eigenvalue weighted by atomic mass is 10.2. The van der Waals surface area contributed by atoms with Crippen molar-refractivity contribution in [3.05, 3.63) is 17.4 Å². The second-order valence-electron chi connectivity index (χ2n) is 2.89. The molecule has 1 saturated heterocycles. The van der Waals surface area contributed by atoms with Crippen LogP contribution in [0.5, 0.6) is 6.01 Å². The standard InChI is InChI=1S/C8H8ClN3O2/c9-6-4-10-7(11-5-6)14-8(13)12-2-1-3-12/h4-5H,1-3H2. The summed E-state index contributed by atoms with van der Waals surface area (Å²) in [4.78, 5) is 20.3. The van der Waals surface area contributed by atoms with Gasteiger partial charge in [0, 0.05) is 13.1 Å². The number of ether oxygens (including phenoxy) is 1.